The number of halogens is 3. The normalized spacial score (nSPS) is 15.6. The van der Waals surface area contributed by atoms with E-state index in [1.54, 1.807) is 12.1 Å². The van der Waals surface area contributed by atoms with E-state index in [9.17, 15) is 8.42 Å². The Morgan fingerprint density at radius 2 is 1.96 bits per heavy atom. The van der Waals surface area contributed by atoms with Crippen molar-refractivity contribution in [2.45, 2.75) is 11.8 Å². The summed E-state index contributed by atoms with van der Waals surface area (Å²) in [6, 6.07) is 5.38. The van der Waals surface area contributed by atoms with Gasteiger partial charge in [0.2, 0.25) is 10.0 Å². The number of thiophene rings is 1. The predicted octanol–water partition coefficient (Wildman–Crippen LogP) is 2.89. The lowest BCUT2D eigenvalue weighted by atomic mass is 10.2. The van der Waals surface area contributed by atoms with Gasteiger partial charge in [-0.05, 0) is 25.1 Å². The molecule has 0 aliphatic carbocycles. The Morgan fingerprint density at radius 3 is 2.64 bits per heavy atom. The van der Waals surface area contributed by atoms with E-state index in [2.05, 4.69) is 14.9 Å². The average molecular weight is 447 g/mol. The molecule has 0 saturated carbocycles. The van der Waals surface area contributed by atoms with Crippen molar-refractivity contribution in [2.75, 3.05) is 39.3 Å². The number of sulfonamides is 1. The monoisotopic (exact) mass is 445 g/mol. The molecule has 2 N–H and O–H groups in total. The van der Waals surface area contributed by atoms with Crippen molar-refractivity contribution in [3.05, 3.63) is 28.1 Å². The van der Waals surface area contributed by atoms with E-state index < -0.39 is 10.0 Å². The highest BCUT2D eigenvalue weighted by Gasteiger charge is 2.23. The number of piperazine rings is 1. The van der Waals surface area contributed by atoms with Crippen LogP contribution >= 0.6 is 47.8 Å². The van der Waals surface area contributed by atoms with E-state index >= 15 is 0 Å². The van der Waals surface area contributed by atoms with E-state index in [0.717, 1.165) is 42.3 Å². The summed E-state index contributed by atoms with van der Waals surface area (Å²) in [5, 5.41) is 4.54. The second kappa shape index (κ2) is 9.71. The second-order valence-electron chi connectivity index (χ2n) is 5.62. The summed E-state index contributed by atoms with van der Waals surface area (Å²) in [5.41, 5.74) is 0. The zero-order valence-electron chi connectivity index (χ0n) is 13.7. The van der Waals surface area contributed by atoms with Crippen molar-refractivity contribution in [3.8, 4) is 0 Å². The minimum absolute atomic E-state index is 0. The first-order valence-electron chi connectivity index (χ1n) is 7.59. The molecule has 1 fully saturated rings. The Hall–Kier alpha value is -0.120. The molecule has 1 saturated heterocycles. The molecule has 0 atom stereocenters. The summed E-state index contributed by atoms with van der Waals surface area (Å²) < 4.78 is 29.1. The van der Waals surface area contributed by atoms with Gasteiger partial charge in [-0.2, -0.15) is 0 Å². The molecular weight excluding hydrogens is 425 g/mol. The maximum atomic E-state index is 12.7. The minimum atomic E-state index is -3.53. The minimum Gasteiger partial charge on any atom is -0.314 e. The summed E-state index contributed by atoms with van der Waals surface area (Å²) in [6.45, 7) is 6.81. The van der Waals surface area contributed by atoms with Gasteiger partial charge < -0.3 is 5.32 Å². The van der Waals surface area contributed by atoms with Crippen LogP contribution < -0.4 is 10.0 Å². The molecule has 0 radical (unpaired) electrons. The zero-order chi connectivity index (χ0) is 16.4. The summed E-state index contributed by atoms with van der Waals surface area (Å²) in [4.78, 5) is 3.41. The Morgan fingerprint density at radius 1 is 1.28 bits per heavy atom. The third-order valence-electron chi connectivity index (χ3n) is 3.97. The maximum Gasteiger partial charge on any atom is 0.242 e. The van der Waals surface area contributed by atoms with E-state index in [1.165, 1.54) is 11.3 Å². The van der Waals surface area contributed by atoms with Crippen LogP contribution in [0.1, 0.15) is 4.88 Å². The molecule has 1 aromatic heterocycles. The molecule has 25 heavy (non-hydrogen) atoms. The van der Waals surface area contributed by atoms with Gasteiger partial charge >= 0.3 is 0 Å². The van der Waals surface area contributed by atoms with Gasteiger partial charge in [-0.25, -0.2) is 13.1 Å². The summed E-state index contributed by atoms with van der Waals surface area (Å²) in [6.07, 6.45) is 0. The highest BCUT2D eigenvalue weighted by Crippen LogP contribution is 2.35. The molecule has 1 aromatic carbocycles. The second-order valence-corrected chi connectivity index (χ2v) is 9.01. The molecule has 0 amide bonds. The van der Waals surface area contributed by atoms with Crippen molar-refractivity contribution < 1.29 is 8.42 Å². The molecular formula is C15H22Cl3N3O2S2. The average Bonchev–Trinajstić information content (AvgIpc) is 2.84. The van der Waals surface area contributed by atoms with Gasteiger partial charge in [-0.3, -0.25) is 4.90 Å². The van der Waals surface area contributed by atoms with Gasteiger partial charge in [0.15, 0.2) is 0 Å². The van der Waals surface area contributed by atoms with E-state index in [-0.39, 0.29) is 24.8 Å². The maximum absolute atomic E-state index is 12.7. The standard InChI is InChI=1S/C15H20ClN3O2S2.2ClH/c1-11-15(13-10-12(16)2-3-14(13)22-11)23(20,21)18-6-9-19-7-4-17-5-8-19;;/h2-3,10,17-18H,4-9H2,1H3;2*1H. The van der Waals surface area contributed by atoms with Crippen LogP contribution in [0.2, 0.25) is 5.02 Å². The van der Waals surface area contributed by atoms with Gasteiger partial charge in [0.1, 0.15) is 4.90 Å². The third-order valence-corrected chi connectivity index (χ3v) is 7.07. The van der Waals surface area contributed by atoms with Gasteiger partial charge in [0.25, 0.3) is 0 Å². The lowest BCUT2D eigenvalue weighted by molar-refractivity contribution is 0.245. The fraction of sp³-hybridized carbons (Fsp3) is 0.467. The van der Waals surface area contributed by atoms with E-state index in [1.807, 2.05) is 13.0 Å². The largest absolute Gasteiger partial charge is 0.314 e. The van der Waals surface area contributed by atoms with Crippen LogP contribution in [0.5, 0.6) is 0 Å². The number of fused-ring (bicyclic) bond motifs is 1. The van der Waals surface area contributed by atoms with Crippen LogP contribution in [0.3, 0.4) is 0 Å². The van der Waals surface area contributed by atoms with Crippen LogP contribution in [-0.2, 0) is 10.0 Å². The first-order valence-corrected chi connectivity index (χ1v) is 10.3. The predicted molar refractivity (Wildman–Crippen MR) is 111 cm³/mol. The number of nitrogens with zero attached hydrogens (tertiary/aromatic N) is 1. The van der Waals surface area contributed by atoms with Crippen LogP contribution in [0.4, 0.5) is 0 Å². The van der Waals surface area contributed by atoms with Gasteiger partial charge in [-0.15, -0.1) is 36.2 Å². The third kappa shape index (κ3) is 5.43. The summed E-state index contributed by atoms with van der Waals surface area (Å²) >= 11 is 7.51. The molecule has 142 valence electrons. The Bertz CT molecular complexity index is 806. The highest BCUT2D eigenvalue weighted by atomic mass is 35.5. The molecule has 1 aliphatic rings. The van der Waals surface area contributed by atoms with Gasteiger partial charge in [0.05, 0.1) is 0 Å². The number of aryl methyl sites for hydroxylation is 1. The number of hydrogen-bond donors (Lipinski definition) is 2. The number of hydrogen-bond acceptors (Lipinski definition) is 5. The Balaban J connectivity index is 0.00000156. The zero-order valence-corrected chi connectivity index (χ0v) is 17.8. The topological polar surface area (TPSA) is 61.4 Å². The summed E-state index contributed by atoms with van der Waals surface area (Å²) in [5.74, 6) is 0. The van der Waals surface area contributed by atoms with Crippen molar-refractivity contribution in [2.24, 2.45) is 0 Å². The quantitative estimate of drug-likeness (QED) is 0.741. The lowest BCUT2D eigenvalue weighted by Crippen LogP contribution is -2.46. The molecule has 2 heterocycles. The van der Waals surface area contributed by atoms with E-state index in [0.29, 0.717) is 21.8 Å². The smallest absolute Gasteiger partial charge is 0.242 e. The molecule has 1 aliphatic heterocycles. The molecule has 0 spiro atoms. The molecule has 5 nitrogen and oxygen atoms in total. The molecule has 10 heteroatoms. The number of benzene rings is 1. The Labute approximate surface area is 170 Å². The van der Waals surface area contributed by atoms with Gasteiger partial charge in [0, 0.05) is 59.3 Å². The highest BCUT2D eigenvalue weighted by molar-refractivity contribution is 7.90. The first-order chi connectivity index (χ1) is 11.0. The van der Waals surface area contributed by atoms with Gasteiger partial charge in [-0.1, -0.05) is 11.6 Å². The fourth-order valence-electron chi connectivity index (χ4n) is 2.85. The SMILES string of the molecule is Cc1sc2ccc(Cl)cc2c1S(=O)(=O)NCCN1CCNCC1.Cl.Cl. The van der Waals surface area contributed by atoms with Crippen molar-refractivity contribution in [1.82, 2.24) is 14.9 Å². The number of nitrogens with one attached hydrogen (secondary N) is 2. The molecule has 2 aromatic rings. The van der Waals surface area contributed by atoms with Crippen molar-refractivity contribution in [3.63, 3.8) is 0 Å². The number of rotatable bonds is 5. The fourth-order valence-corrected chi connectivity index (χ4v) is 5.82. The van der Waals surface area contributed by atoms with Crippen molar-refractivity contribution in [1.29, 1.82) is 0 Å². The first kappa shape index (κ1) is 22.9. The molecule has 0 unspecified atom stereocenters. The Kier molecular flexibility index (Phi) is 8.90. The van der Waals surface area contributed by atoms with Crippen LogP contribution in [0.15, 0.2) is 23.1 Å². The van der Waals surface area contributed by atoms with Crippen molar-refractivity contribution >= 4 is 67.9 Å². The van der Waals surface area contributed by atoms with Crippen LogP contribution in [-0.4, -0.2) is 52.6 Å². The van der Waals surface area contributed by atoms with Crippen LogP contribution in [0.25, 0.3) is 10.1 Å². The molecule has 0 bridgehead atoms. The van der Waals surface area contributed by atoms with E-state index in [4.69, 9.17) is 11.6 Å². The lowest BCUT2D eigenvalue weighted by Gasteiger charge is -2.27. The molecule has 3 rings (SSSR count). The van der Waals surface area contributed by atoms with Crippen LogP contribution in [0, 0.1) is 6.92 Å². The summed E-state index contributed by atoms with van der Waals surface area (Å²) in [7, 11) is -3.53.